The predicted molar refractivity (Wildman–Crippen MR) is 120 cm³/mol. The van der Waals surface area contributed by atoms with Crippen molar-refractivity contribution in [2.24, 2.45) is 5.92 Å². The number of anilines is 1. The minimum Gasteiger partial charge on any atom is -0.438 e. The molecule has 0 radical (unpaired) electrons. The van der Waals surface area contributed by atoms with E-state index in [-0.39, 0.29) is 30.9 Å². The highest BCUT2D eigenvalue weighted by Gasteiger charge is 2.46. The summed E-state index contributed by atoms with van der Waals surface area (Å²) in [5.74, 6) is -0.261. The molecule has 3 rings (SSSR count). The third kappa shape index (κ3) is 5.85. The fourth-order valence-corrected chi connectivity index (χ4v) is 3.48. The molecule has 2 atom stereocenters. The van der Waals surface area contributed by atoms with E-state index in [0.717, 1.165) is 5.56 Å². The van der Waals surface area contributed by atoms with Crippen LogP contribution in [0.25, 0.3) is 0 Å². The van der Waals surface area contributed by atoms with E-state index in [4.69, 9.17) is 9.47 Å². The average molecular weight is 440 g/mol. The van der Waals surface area contributed by atoms with E-state index in [1.807, 2.05) is 44.2 Å². The van der Waals surface area contributed by atoms with Crippen LogP contribution in [-0.4, -0.2) is 49.1 Å². The number of hydrogen-bond acceptors (Lipinski definition) is 5. The normalized spacial score (nSPS) is 17.9. The maximum atomic E-state index is 13.1. The number of methoxy groups -OCH3 is 1. The molecular formula is C24H29N3O5. The summed E-state index contributed by atoms with van der Waals surface area (Å²) in [4.78, 5) is 39.0. The third-order valence-electron chi connectivity index (χ3n) is 5.03. The van der Waals surface area contributed by atoms with Crippen LogP contribution < -0.4 is 10.6 Å². The molecule has 0 spiro atoms. The largest absolute Gasteiger partial charge is 0.438 e. The third-order valence-corrected chi connectivity index (χ3v) is 5.03. The second kappa shape index (κ2) is 10.8. The molecule has 170 valence electrons. The van der Waals surface area contributed by atoms with Crippen molar-refractivity contribution in [2.45, 2.75) is 32.5 Å². The summed E-state index contributed by atoms with van der Waals surface area (Å²) < 4.78 is 10.5. The van der Waals surface area contributed by atoms with Crippen LogP contribution in [-0.2, 0) is 25.6 Å². The van der Waals surface area contributed by atoms with Crippen LogP contribution in [0.5, 0.6) is 0 Å². The molecule has 1 aliphatic heterocycles. The minimum absolute atomic E-state index is 0.0471. The molecule has 1 heterocycles. The van der Waals surface area contributed by atoms with Gasteiger partial charge in [-0.15, -0.1) is 0 Å². The minimum atomic E-state index is -0.810. The Morgan fingerprint density at radius 1 is 1.09 bits per heavy atom. The summed E-state index contributed by atoms with van der Waals surface area (Å²) in [5.41, 5.74) is 2.16. The molecule has 1 aliphatic rings. The zero-order chi connectivity index (χ0) is 23.1. The van der Waals surface area contributed by atoms with Gasteiger partial charge < -0.3 is 20.1 Å². The van der Waals surface area contributed by atoms with Gasteiger partial charge in [0.25, 0.3) is 0 Å². The molecule has 0 saturated carbocycles. The Balaban J connectivity index is 1.83. The molecule has 3 amide bonds. The number of benzene rings is 2. The molecule has 2 aromatic carbocycles. The number of ether oxygens (including phenoxy) is 2. The molecule has 2 N–H and O–H groups in total. The summed E-state index contributed by atoms with van der Waals surface area (Å²) in [6, 6.07) is 15.6. The Morgan fingerprint density at radius 2 is 1.78 bits per heavy atom. The van der Waals surface area contributed by atoms with Gasteiger partial charge in [0.15, 0.2) is 12.1 Å². The SMILES string of the molecule is COCC(=O)Nc1ccc(C2OC(=O)N(Cc3ccccc3)C2C(=O)NCC(C)C)cc1. The summed E-state index contributed by atoms with van der Waals surface area (Å²) in [7, 11) is 1.45. The van der Waals surface area contributed by atoms with Gasteiger partial charge in [0, 0.05) is 19.3 Å². The van der Waals surface area contributed by atoms with Crippen molar-refractivity contribution in [1.82, 2.24) is 10.2 Å². The molecule has 1 saturated heterocycles. The van der Waals surface area contributed by atoms with E-state index in [1.165, 1.54) is 12.0 Å². The molecule has 2 aromatic rings. The molecule has 0 bridgehead atoms. The first kappa shape index (κ1) is 23.3. The van der Waals surface area contributed by atoms with Crippen LogP contribution in [0.1, 0.15) is 31.1 Å². The van der Waals surface area contributed by atoms with Crippen molar-refractivity contribution in [3.8, 4) is 0 Å². The molecule has 32 heavy (non-hydrogen) atoms. The Hall–Kier alpha value is -3.39. The number of carbonyl (C=O) groups is 3. The Kier molecular flexibility index (Phi) is 7.83. The van der Waals surface area contributed by atoms with E-state index >= 15 is 0 Å². The quantitative estimate of drug-likeness (QED) is 0.626. The van der Waals surface area contributed by atoms with E-state index in [1.54, 1.807) is 24.3 Å². The number of carbonyl (C=O) groups excluding carboxylic acids is 3. The zero-order valence-electron chi connectivity index (χ0n) is 18.5. The number of amides is 3. The van der Waals surface area contributed by atoms with Crippen molar-refractivity contribution < 1.29 is 23.9 Å². The highest BCUT2D eigenvalue weighted by molar-refractivity contribution is 5.92. The highest BCUT2D eigenvalue weighted by atomic mass is 16.6. The Labute approximate surface area is 187 Å². The van der Waals surface area contributed by atoms with E-state index in [2.05, 4.69) is 10.6 Å². The van der Waals surface area contributed by atoms with Gasteiger partial charge in [-0.25, -0.2) is 4.79 Å². The second-order valence-corrected chi connectivity index (χ2v) is 8.10. The van der Waals surface area contributed by atoms with Crippen LogP contribution in [0.3, 0.4) is 0 Å². The monoisotopic (exact) mass is 439 g/mol. The van der Waals surface area contributed by atoms with Gasteiger partial charge in [0.05, 0.1) is 6.54 Å². The molecular weight excluding hydrogens is 410 g/mol. The standard InChI is InChI=1S/C24H29N3O5/c1-16(2)13-25-23(29)21-22(18-9-11-19(12-10-18)26-20(28)15-31-3)32-24(30)27(21)14-17-7-5-4-6-8-17/h4-12,16,21-22H,13-15H2,1-3H3,(H,25,29)(H,26,28). The first-order chi connectivity index (χ1) is 15.4. The van der Waals surface area contributed by atoms with Crippen molar-refractivity contribution in [2.75, 3.05) is 25.6 Å². The number of cyclic esters (lactones) is 1. The maximum absolute atomic E-state index is 13.1. The number of hydrogen-bond donors (Lipinski definition) is 2. The lowest BCUT2D eigenvalue weighted by Crippen LogP contribution is -2.47. The topological polar surface area (TPSA) is 97.0 Å². The van der Waals surface area contributed by atoms with Crippen LogP contribution in [0.2, 0.25) is 0 Å². The zero-order valence-corrected chi connectivity index (χ0v) is 18.5. The lowest BCUT2D eigenvalue weighted by molar-refractivity contribution is -0.126. The number of rotatable bonds is 9. The number of nitrogens with zero attached hydrogens (tertiary/aromatic N) is 1. The maximum Gasteiger partial charge on any atom is 0.411 e. The fraction of sp³-hybridized carbons (Fsp3) is 0.375. The molecule has 1 fully saturated rings. The van der Waals surface area contributed by atoms with Gasteiger partial charge in [-0.1, -0.05) is 56.3 Å². The summed E-state index contributed by atoms with van der Waals surface area (Å²) in [6.45, 7) is 4.73. The van der Waals surface area contributed by atoms with Crippen LogP contribution in [0, 0.1) is 5.92 Å². The molecule has 0 aliphatic carbocycles. The Morgan fingerprint density at radius 3 is 2.41 bits per heavy atom. The first-order valence-electron chi connectivity index (χ1n) is 10.6. The van der Waals surface area contributed by atoms with Crippen molar-refractivity contribution in [3.63, 3.8) is 0 Å². The van der Waals surface area contributed by atoms with Gasteiger partial charge in [-0.2, -0.15) is 0 Å². The van der Waals surface area contributed by atoms with E-state index in [0.29, 0.717) is 17.8 Å². The van der Waals surface area contributed by atoms with Crippen molar-refractivity contribution >= 4 is 23.6 Å². The second-order valence-electron chi connectivity index (χ2n) is 8.10. The molecule has 0 aromatic heterocycles. The molecule has 8 nitrogen and oxygen atoms in total. The smallest absolute Gasteiger partial charge is 0.411 e. The predicted octanol–water partition coefficient (Wildman–Crippen LogP) is 3.11. The summed E-state index contributed by atoms with van der Waals surface area (Å²) in [5, 5.41) is 5.64. The van der Waals surface area contributed by atoms with Crippen molar-refractivity contribution in [1.29, 1.82) is 0 Å². The Bertz CT molecular complexity index is 930. The number of nitrogens with one attached hydrogen (secondary N) is 2. The summed E-state index contributed by atoms with van der Waals surface area (Å²) in [6.07, 6.45) is -1.30. The summed E-state index contributed by atoms with van der Waals surface area (Å²) >= 11 is 0. The van der Waals surface area contributed by atoms with E-state index < -0.39 is 18.2 Å². The first-order valence-corrected chi connectivity index (χ1v) is 10.6. The molecule has 8 heteroatoms. The lowest BCUT2D eigenvalue weighted by Gasteiger charge is -2.24. The lowest BCUT2D eigenvalue weighted by atomic mass is 10.00. The van der Waals surface area contributed by atoms with Crippen LogP contribution in [0.4, 0.5) is 10.5 Å². The van der Waals surface area contributed by atoms with Crippen molar-refractivity contribution in [3.05, 3.63) is 65.7 Å². The average Bonchev–Trinajstić information content (AvgIpc) is 3.09. The van der Waals surface area contributed by atoms with Gasteiger partial charge in [-0.05, 0) is 29.2 Å². The van der Waals surface area contributed by atoms with Crippen LogP contribution in [0.15, 0.2) is 54.6 Å². The fourth-order valence-electron chi connectivity index (χ4n) is 3.48. The van der Waals surface area contributed by atoms with Gasteiger partial charge >= 0.3 is 6.09 Å². The molecule has 2 unspecified atom stereocenters. The van der Waals surface area contributed by atoms with Gasteiger partial charge in [0.1, 0.15) is 6.61 Å². The highest BCUT2D eigenvalue weighted by Crippen LogP contribution is 2.34. The van der Waals surface area contributed by atoms with Gasteiger partial charge in [-0.3, -0.25) is 14.5 Å². The van der Waals surface area contributed by atoms with Gasteiger partial charge in [0.2, 0.25) is 11.8 Å². The van der Waals surface area contributed by atoms with Crippen LogP contribution >= 0.6 is 0 Å². The van der Waals surface area contributed by atoms with E-state index in [9.17, 15) is 14.4 Å².